The van der Waals surface area contributed by atoms with Crippen LogP contribution < -0.4 is 10.1 Å². The van der Waals surface area contributed by atoms with E-state index < -0.39 is 24.3 Å². The molecule has 122 valence electrons. The van der Waals surface area contributed by atoms with E-state index in [1.54, 1.807) is 11.3 Å². The molecule has 0 aliphatic heterocycles. The Labute approximate surface area is 137 Å². The van der Waals surface area contributed by atoms with Crippen molar-refractivity contribution in [2.75, 3.05) is 20.3 Å². The van der Waals surface area contributed by atoms with Gasteiger partial charge in [0, 0.05) is 17.5 Å². The number of methoxy groups -OCH3 is 1. The summed E-state index contributed by atoms with van der Waals surface area (Å²) in [5.74, 6) is -1.78. The number of esters is 1. The standard InChI is InChI=1S/C16H16FNO4S/c1-21-11-4-5-13(14(17)9-11)16(20)22-10-15(19)18-7-6-12-3-2-8-23-12/h2-5,8-9H,6-7,10H2,1H3,(H,18,19). The van der Waals surface area contributed by atoms with Gasteiger partial charge >= 0.3 is 5.97 Å². The first kappa shape index (κ1) is 17.0. The van der Waals surface area contributed by atoms with Gasteiger partial charge in [-0.25, -0.2) is 9.18 Å². The van der Waals surface area contributed by atoms with E-state index >= 15 is 0 Å². The van der Waals surface area contributed by atoms with Crippen LogP contribution >= 0.6 is 11.3 Å². The van der Waals surface area contributed by atoms with Crippen LogP contribution in [0.25, 0.3) is 0 Å². The van der Waals surface area contributed by atoms with E-state index in [0.717, 1.165) is 10.9 Å². The molecular formula is C16H16FNO4S. The van der Waals surface area contributed by atoms with Gasteiger partial charge in [-0.1, -0.05) is 6.07 Å². The Balaban J connectivity index is 1.76. The van der Waals surface area contributed by atoms with E-state index in [1.165, 1.54) is 19.2 Å². The SMILES string of the molecule is COc1ccc(C(=O)OCC(=O)NCCc2cccs2)c(F)c1. The summed E-state index contributed by atoms with van der Waals surface area (Å²) in [7, 11) is 1.40. The van der Waals surface area contributed by atoms with Gasteiger partial charge in [-0.2, -0.15) is 0 Å². The van der Waals surface area contributed by atoms with Gasteiger partial charge < -0.3 is 14.8 Å². The van der Waals surface area contributed by atoms with Crippen molar-refractivity contribution in [2.45, 2.75) is 6.42 Å². The van der Waals surface area contributed by atoms with E-state index in [4.69, 9.17) is 9.47 Å². The van der Waals surface area contributed by atoms with Crippen LogP contribution in [0.2, 0.25) is 0 Å². The molecule has 1 amide bonds. The molecule has 2 aromatic rings. The summed E-state index contributed by atoms with van der Waals surface area (Å²) >= 11 is 1.61. The van der Waals surface area contributed by atoms with Crippen molar-refractivity contribution in [3.05, 3.63) is 52.0 Å². The maximum absolute atomic E-state index is 13.7. The number of hydrogen-bond donors (Lipinski definition) is 1. The summed E-state index contributed by atoms with van der Waals surface area (Å²) in [6.45, 7) is 0.00252. The Hall–Kier alpha value is -2.41. The van der Waals surface area contributed by atoms with Crippen molar-refractivity contribution in [1.82, 2.24) is 5.32 Å². The lowest BCUT2D eigenvalue weighted by Gasteiger charge is -2.07. The zero-order valence-electron chi connectivity index (χ0n) is 12.5. The number of nitrogens with one attached hydrogen (secondary N) is 1. The Bertz CT molecular complexity index is 673. The smallest absolute Gasteiger partial charge is 0.341 e. The van der Waals surface area contributed by atoms with Crippen LogP contribution in [-0.4, -0.2) is 32.1 Å². The second kappa shape index (κ2) is 8.28. The maximum Gasteiger partial charge on any atom is 0.341 e. The lowest BCUT2D eigenvalue weighted by molar-refractivity contribution is -0.124. The van der Waals surface area contributed by atoms with Crippen molar-refractivity contribution in [3.8, 4) is 5.75 Å². The molecule has 0 saturated heterocycles. The molecule has 1 N–H and O–H groups in total. The topological polar surface area (TPSA) is 64.6 Å². The molecular weight excluding hydrogens is 321 g/mol. The third-order valence-corrected chi connectivity index (χ3v) is 3.94. The first-order valence-electron chi connectivity index (χ1n) is 6.90. The number of hydrogen-bond acceptors (Lipinski definition) is 5. The molecule has 0 bridgehead atoms. The van der Waals surface area contributed by atoms with Crippen molar-refractivity contribution < 1.29 is 23.5 Å². The number of benzene rings is 1. The molecule has 1 heterocycles. The molecule has 0 unspecified atom stereocenters. The average Bonchev–Trinajstić information content (AvgIpc) is 3.05. The minimum absolute atomic E-state index is 0.239. The van der Waals surface area contributed by atoms with Crippen molar-refractivity contribution in [3.63, 3.8) is 0 Å². The summed E-state index contributed by atoms with van der Waals surface area (Å²) < 4.78 is 23.3. The third kappa shape index (κ3) is 5.07. The maximum atomic E-state index is 13.7. The van der Waals surface area contributed by atoms with Crippen molar-refractivity contribution >= 4 is 23.2 Å². The minimum atomic E-state index is -0.890. The Morgan fingerprint density at radius 1 is 1.30 bits per heavy atom. The number of thiophene rings is 1. The van der Waals surface area contributed by atoms with Crippen LogP contribution in [-0.2, 0) is 16.0 Å². The molecule has 0 aliphatic rings. The summed E-state index contributed by atoms with van der Waals surface area (Å²) in [4.78, 5) is 24.5. The second-order valence-corrected chi connectivity index (χ2v) is 5.63. The fourth-order valence-electron chi connectivity index (χ4n) is 1.83. The number of halogens is 1. The monoisotopic (exact) mass is 337 g/mol. The number of rotatable bonds is 7. The van der Waals surface area contributed by atoms with Crippen LogP contribution in [0.4, 0.5) is 4.39 Å². The molecule has 0 spiro atoms. The van der Waals surface area contributed by atoms with Crippen LogP contribution in [0.1, 0.15) is 15.2 Å². The zero-order chi connectivity index (χ0) is 16.7. The third-order valence-electron chi connectivity index (χ3n) is 3.00. The lowest BCUT2D eigenvalue weighted by Crippen LogP contribution is -2.30. The first-order chi connectivity index (χ1) is 11.1. The number of carbonyl (C=O) groups excluding carboxylic acids is 2. The van der Waals surface area contributed by atoms with Gasteiger partial charge in [-0.15, -0.1) is 11.3 Å². The summed E-state index contributed by atoms with van der Waals surface area (Å²) in [5, 5.41) is 4.60. The van der Waals surface area contributed by atoms with Gasteiger partial charge in [-0.05, 0) is 30.0 Å². The van der Waals surface area contributed by atoms with Crippen molar-refractivity contribution in [2.24, 2.45) is 0 Å². The molecule has 23 heavy (non-hydrogen) atoms. The van der Waals surface area contributed by atoms with Crippen molar-refractivity contribution in [1.29, 1.82) is 0 Å². The highest BCUT2D eigenvalue weighted by atomic mass is 32.1. The van der Waals surface area contributed by atoms with Gasteiger partial charge in [0.15, 0.2) is 6.61 Å². The highest BCUT2D eigenvalue weighted by molar-refractivity contribution is 7.09. The summed E-state index contributed by atoms with van der Waals surface area (Å²) in [6.07, 6.45) is 0.713. The molecule has 1 aromatic heterocycles. The number of carbonyl (C=O) groups is 2. The fraction of sp³-hybridized carbons (Fsp3) is 0.250. The first-order valence-corrected chi connectivity index (χ1v) is 7.78. The second-order valence-electron chi connectivity index (χ2n) is 4.60. The van der Waals surface area contributed by atoms with Crippen LogP contribution in [0, 0.1) is 5.82 Å². The number of ether oxygens (including phenoxy) is 2. The molecule has 0 aliphatic carbocycles. The van der Waals surface area contributed by atoms with Crippen LogP contribution in [0.15, 0.2) is 35.7 Å². The van der Waals surface area contributed by atoms with Gasteiger partial charge in [-0.3, -0.25) is 4.79 Å². The highest BCUT2D eigenvalue weighted by Crippen LogP contribution is 2.16. The molecule has 0 saturated carbocycles. The van der Waals surface area contributed by atoms with Gasteiger partial charge in [0.2, 0.25) is 0 Å². The quantitative estimate of drug-likeness (QED) is 0.788. The molecule has 7 heteroatoms. The summed E-state index contributed by atoms with van der Waals surface area (Å²) in [6, 6.07) is 7.69. The van der Waals surface area contributed by atoms with Gasteiger partial charge in [0.05, 0.1) is 12.7 Å². The van der Waals surface area contributed by atoms with Gasteiger partial charge in [0.1, 0.15) is 11.6 Å². The normalized spacial score (nSPS) is 10.2. The van der Waals surface area contributed by atoms with E-state index in [9.17, 15) is 14.0 Å². The van der Waals surface area contributed by atoms with E-state index in [0.29, 0.717) is 18.7 Å². The fourth-order valence-corrected chi connectivity index (χ4v) is 2.54. The minimum Gasteiger partial charge on any atom is -0.497 e. The van der Waals surface area contributed by atoms with E-state index in [-0.39, 0.29) is 5.56 Å². The molecule has 0 atom stereocenters. The Kier molecular flexibility index (Phi) is 6.10. The predicted molar refractivity (Wildman–Crippen MR) is 84.3 cm³/mol. The molecule has 2 rings (SSSR count). The Morgan fingerprint density at radius 3 is 2.78 bits per heavy atom. The zero-order valence-corrected chi connectivity index (χ0v) is 13.3. The lowest BCUT2D eigenvalue weighted by atomic mass is 10.2. The van der Waals surface area contributed by atoms with E-state index in [1.807, 2.05) is 17.5 Å². The molecule has 5 nitrogen and oxygen atoms in total. The predicted octanol–water partition coefficient (Wildman–Crippen LogP) is 2.41. The number of amides is 1. The van der Waals surface area contributed by atoms with Crippen LogP contribution in [0.5, 0.6) is 5.75 Å². The van der Waals surface area contributed by atoms with E-state index in [2.05, 4.69) is 5.32 Å². The van der Waals surface area contributed by atoms with Crippen LogP contribution in [0.3, 0.4) is 0 Å². The Morgan fingerprint density at radius 2 is 2.13 bits per heavy atom. The average molecular weight is 337 g/mol. The largest absolute Gasteiger partial charge is 0.497 e. The molecule has 0 fully saturated rings. The molecule has 0 radical (unpaired) electrons. The summed E-state index contributed by atoms with van der Waals surface area (Å²) in [5.41, 5.74) is -0.239. The highest BCUT2D eigenvalue weighted by Gasteiger charge is 2.15. The van der Waals surface area contributed by atoms with Gasteiger partial charge in [0.25, 0.3) is 5.91 Å². The molecule has 1 aromatic carbocycles.